The lowest BCUT2D eigenvalue weighted by Crippen LogP contribution is -2.46. The minimum Gasteiger partial charge on any atom is -0.389 e. The largest absolute Gasteiger partial charge is 0.389 e. The molecule has 118 valence electrons. The van der Waals surface area contributed by atoms with Crippen molar-refractivity contribution >= 4 is 27.3 Å². The zero-order chi connectivity index (χ0) is 15.1. The highest BCUT2D eigenvalue weighted by Crippen LogP contribution is 2.41. The number of aliphatic hydroxyl groups is 1. The van der Waals surface area contributed by atoms with Gasteiger partial charge in [0.2, 0.25) is 0 Å². The van der Waals surface area contributed by atoms with E-state index in [2.05, 4.69) is 41.2 Å². The minimum absolute atomic E-state index is 0.405. The summed E-state index contributed by atoms with van der Waals surface area (Å²) >= 11 is 5.48. The molecule has 4 heteroatoms. The molecule has 0 bridgehead atoms. The summed E-state index contributed by atoms with van der Waals surface area (Å²) in [6.07, 6.45) is 7.78. The normalized spacial score (nSPS) is 27.3. The van der Waals surface area contributed by atoms with E-state index in [1.54, 1.807) is 0 Å². The molecule has 2 N–H and O–H groups in total. The molecule has 1 unspecified atom stereocenters. The number of aryl methyl sites for hydroxylation is 1. The SMILES string of the molecule is CC1(C)CCC(O)(CNC2CCCc3sc(Br)cc32)CC1. The molecule has 0 radical (unpaired) electrons. The molecule has 1 atom stereocenters. The van der Waals surface area contributed by atoms with E-state index in [0.717, 1.165) is 32.2 Å². The van der Waals surface area contributed by atoms with Gasteiger partial charge in [0.1, 0.15) is 0 Å². The summed E-state index contributed by atoms with van der Waals surface area (Å²) in [4.78, 5) is 1.52. The summed E-state index contributed by atoms with van der Waals surface area (Å²) in [6.45, 7) is 5.37. The molecule has 3 rings (SSSR count). The topological polar surface area (TPSA) is 32.3 Å². The van der Waals surface area contributed by atoms with Gasteiger partial charge in [0.25, 0.3) is 0 Å². The number of fused-ring (bicyclic) bond motifs is 1. The highest BCUT2D eigenvalue weighted by atomic mass is 79.9. The van der Waals surface area contributed by atoms with Gasteiger partial charge in [0, 0.05) is 17.5 Å². The Bertz CT molecular complexity index is 501. The molecule has 0 aliphatic heterocycles. The molecular weight excluding hydrogens is 346 g/mol. The molecular formula is C17H26BrNOS. The molecule has 2 aliphatic rings. The van der Waals surface area contributed by atoms with Gasteiger partial charge in [0.15, 0.2) is 0 Å². The van der Waals surface area contributed by atoms with Crippen LogP contribution in [-0.4, -0.2) is 17.3 Å². The first-order valence-electron chi connectivity index (χ1n) is 8.11. The predicted molar refractivity (Wildman–Crippen MR) is 92.9 cm³/mol. The molecule has 0 aromatic carbocycles. The van der Waals surface area contributed by atoms with E-state index in [-0.39, 0.29) is 0 Å². The fourth-order valence-corrected chi connectivity index (χ4v) is 5.44. The smallest absolute Gasteiger partial charge is 0.0772 e. The van der Waals surface area contributed by atoms with Crippen molar-refractivity contribution in [3.8, 4) is 0 Å². The molecule has 2 aliphatic carbocycles. The van der Waals surface area contributed by atoms with Crippen molar-refractivity contribution in [2.45, 2.75) is 70.4 Å². The maximum Gasteiger partial charge on any atom is 0.0772 e. The van der Waals surface area contributed by atoms with Crippen molar-refractivity contribution < 1.29 is 5.11 Å². The van der Waals surface area contributed by atoms with Crippen LogP contribution in [0.3, 0.4) is 0 Å². The van der Waals surface area contributed by atoms with Crippen LogP contribution >= 0.6 is 27.3 Å². The summed E-state index contributed by atoms with van der Waals surface area (Å²) in [5.41, 5.74) is 1.36. The third-order valence-corrected chi connectivity index (χ3v) is 7.01. The summed E-state index contributed by atoms with van der Waals surface area (Å²) < 4.78 is 1.24. The van der Waals surface area contributed by atoms with Crippen molar-refractivity contribution in [1.29, 1.82) is 0 Å². The van der Waals surface area contributed by atoms with Crippen molar-refractivity contribution in [1.82, 2.24) is 5.32 Å². The molecule has 1 fully saturated rings. The number of hydrogen-bond acceptors (Lipinski definition) is 3. The molecule has 1 aromatic heterocycles. The van der Waals surface area contributed by atoms with Gasteiger partial charge in [0.05, 0.1) is 9.39 Å². The molecule has 1 saturated carbocycles. The van der Waals surface area contributed by atoms with Crippen molar-refractivity contribution in [2.75, 3.05) is 6.54 Å². The van der Waals surface area contributed by atoms with Gasteiger partial charge in [-0.2, -0.15) is 0 Å². The average Bonchev–Trinajstić information content (AvgIpc) is 2.81. The second-order valence-corrected chi connectivity index (χ2v) is 10.2. The second-order valence-electron chi connectivity index (χ2n) is 7.64. The van der Waals surface area contributed by atoms with Crippen LogP contribution in [0.25, 0.3) is 0 Å². The maximum absolute atomic E-state index is 10.8. The Labute approximate surface area is 140 Å². The molecule has 2 nitrogen and oxygen atoms in total. The Balaban J connectivity index is 1.61. The van der Waals surface area contributed by atoms with Crippen LogP contribution in [0.5, 0.6) is 0 Å². The van der Waals surface area contributed by atoms with Gasteiger partial charge in [-0.1, -0.05) is 13.8 Å². The first-order chi connectivity index (χ1) is 9.87. The fraction of sp³-hybridized carbons (Fsp3) is 0.765. The van der Waals surface area contributed by atoms with Crippen LogP contribution in [0, 0.1) is 5.41 Å². The van der Waals surface area contributed by atoms with Gasteiger partial charge in [-0.15, -0.1) is 11.3 Å². The zero-order valence-electron chi connectivity index (χ0n) is 13.0. The van der Waals surface area contributed by atoms with E-state index in [4.69, 9.17) is 0 Å². The van der Waals surface area contributed by atoms with E-state index in [9.17, 15) is 5.11 Å². The predicted octanol–water partition coefficient (Wildman–Crippen LogP) is 4.81. The van der Waals surface area contributed by atoms with Crippen LogP contribution in [0.2, 0.25) is 0 Å². The monoisotopic (exact) mass is 371 g/mol. The fourth-order valence-electron chi connectivity index (χ4n) is 3.62. The van der Waals surface area contributed by atoms with E-state index < -0.39 is 5.60 Å². The summed E-state index contributed by atoms with van der Waals surface area (Å²) in [5.74, 6) is 0. The highest BCUT2D eigenvalue weighted by molar-refractivity contribution is 9.11. The lowest BCUT2D eigenvalue weighted by molar-refractivity contribution is -0.0264. The number of nitrogens with one attached hydrogen (secondary N) is 1. The Morgan fingerprint density at radius 1 is 1.33 bits per heavy atom. The molecule has 0 amide bonds. The lowest BCUT2D eigenvalue weighted by atomic mass is 9.71. The van der Waals surface area contributed by atoms with E-state index in [0.29, 0.717) is 11.5 Å². The molecule has 21 heavy (non-hydrogen) atoms. The summed E-state index contributed by atoms with van der Waals surface area (Å²) in [5, 5.41) is 14.5. The van der Waals surface area contributed by atoms with Crippen LogP contribution in [0.15, 0.2) is 9.85 Å². The van der Waals surface area contributed by atoms with E-state index in [1.807, 2.05) is 11.3 Å². The molecule has 0 saturated heterocycles. The second kappa shape index (κ2) is 5.95. The first-order valence-corrected chi connectivity index (χ1v) is 9.72. The zero-order valence-corrected chi connectivity index (χ0v) is 15.4. The Kier molecular flexibility index (Phi) is 4.53. The van der Waals surface area contributed by atoms with Crippen LogP contribution in [-0.2, 0) is 6.42 Å². The molecule has 1 heterocycles. The van der Waals surface area contributed by atoms with Crippen LogP contribution < -0.4 is 5.32 Å². The first kappa shape index (κ1) is 16.0. The Morgan fingerprint density at radius 2 is 2.05 bits per heavy atom. The number of rotatable bonds is 3. The van der Waals surface area contributed by atoms with Gasteiger partial charge in [-0.25, -0.2) is 0 Å². The quantitative estimate of drug-likeness (QED) is 0.798. The molecule has 1 aromatic rings. The summed E-state index contributed by atoms with van der Waals surface area (Å²) in [6, 6.07) is 2.69. The Hall–Kier alpha value is 0.100. The summed E-state index contributed by atoms with van der Waals surface area (Å²) in [7, 11) is 0. The van der Waals surface area contributed by atoms with Gasteiger partial charge in [-0.05, 0) is 77.9 Å². The minimum atomic E-state index is -0.500. The Morgan fingerprint density at radius 3 is 2.76 bits per heavy atom. The maximum atomic E-state index is 10.8. The van der Waals surface area contributed by atoms with Crippen LogP contribution in [0.4, 0.5) is 0 Å². The van der Waals surface area contributed by atoms with Crippen molar-refractivity contribution in [3.05, 3.63) is 20.3 Å². The number of thiophene rings is 1. The van der Waals surface area contributed by atoms with Gasteiger partial charge in [-0.3, -0.25) is 0 Å². The average molecular weight is 372 g/mol. The molecule has 0 spiro atoms. The third-order valence-electron chi connectivity index (χ3n) is 5.30. The van der Waals surface area contributed by atoms with Gasteiger partial charge < -0.3 is 10.4 Å². The van der Waals surface area contributed by atoms with E-state index >= 15 is 0 Å². The third kappa shape index (κ3) is 3.72. The van der Waals surface area contributed by atoms with Gasteiger partial charge >= 0.3 is 0 Å². The number of halogens is 1. The van der Waals surface area contributed by atoms with Crippen molar-refractivity contribution in [3.63, 3.8) is 0 Å². The highest BCUT2D eigenvalue weighted by Gasteiger charge is 2.37. The number of hydrogen-bond donors (Lipinski definition) is 2. The van der Waals surface area contributed by atoms with Crippen LogP contribution in [0.1, 0.15) is 68.9 Å². The van der Waals surface area contributed by atoms with E-state index in [1.165, 1.54) is 33.5 Å². The lowest BCUT2D eigenvalue weighted by Gasteiger charge is -2.41. The standard InChI is InChI=1S/C17H26BrNOS/c1-16(2)6-8-17(20,9-7-16)11-19-13-4-3-5-14-12(13)10-15(18)21-14/h10,13,19-20H,3-9,11H2,1-2H3. The van der Waals surface area contributed by atoms with Crippen molar-refractivity contribution in [2.24, 2.45) is 5.41 Å².